The lowest BCUT2D eigenvalue weighted by atomic mass is 9.96. The SMILES string of the molecule is COc1ccc(-c2nc(C(=O)NC(C)(CN)C3CC3)cs2)cc1. The molecule has 3 N–H and O–H groups in total. The predicted octanol–water partition coefficient (Wildman–Crippen LogP) is 2.68. The van der Waals surface area contributed by atoms with E-state index in [2.05, 4.69) is 10.3 Å². The van der Waals surface area contributed by atoms with Gasteiger partial charge in [-0.1, -0.05) is 0 Å². The minimum atomic E-state index is -0.332. The summed E-state index contributed by atoms with van der Waals surface area (Å²) in [6, 6.07) is 7.64. The molecule has 3 rings (SSSR count). The van der Waals surface area contributed by atoms with Crippen LogP contribution in [0.2, 0.25) is 0 Å². The van der Waals surface area contributed by atoms with E-state index in [-0.39, 0.29) is 11.4 Å². The van der Waals surface area contributed by atoms with Crippen molar-refractivity contribution < 1.29 is 9.53 Å². The summed E-state index contributed by atoms with van der Waals surface area (Å²) in [6.07, 6.45) is 2.25. The predicted molar refractivity (Wildman–Crippen MR) is 91.8 cm³/mol. The number of carbonyl (C=O) groups excluding carboxylic acids is 1. The Morgan fingerprint density at radius 2 is 2.13 bits per heavy atom. The number of hydrogen-bond donors (Lipinski definition) is 2. The van der Waals surface area contributed by atoms with Crippen LogP contribution in [0.4, 0.5) is 0 Å². The molecule has 0 bridgehead atoms. The monoisotopic (exact) mass is 331 g/mol. The van der Waals surface area contributed by atoms with E-state index < -0.39 is 0 Å². The summed E-state index contributed by atoms with van der Waals surface area (Å²) in [5.41, 5.74) is 6.94. The van der Waals surface area contributed by atoms with Crippen molar-refractivity contribution in [1.29, 1.82) is 0 Å². The third-order valence-corrected chi connectivity index (χ3v) is 5.27. The summed E-state index contributed by atoms with van der Waals surface area (Å²) < 4.78 is 5.15. The van der Waals surface area contributed by atoms with Crippen molar-refractivity contribution in [3.05, 3.63) is 35.3 Å². The van der Waals surface area contributed by atoms with Crippen molar-refractivity contribution >= 4 is 17.2 Å². The summed E-state index contributed by atoms with van der Waals surface area (Å²) in [5, 5.41) is 5.67. The van der Waals surface area contributed by atoms with Crippen molar-refractivity contribution in [2.24, 2.45) is 11.7 Å². The maximum Gasteiger partial charge on any atom is 0.271 e. The van der Waals surface area contributed by atoms with Gasteiger partial charge in [0.05, 0.1) is 12.6 Å². The molecule has 0 spiro atoms. The molecule has 1 saturated carbocycles. The first-order chi connectivity index (χ1) is 11.1. The van der Waals surface area contributed by atoms with Gasteiger partial charge in [-0.3, -0.25) is 4.79 Å². The zero-order valence-corrected chi connectivity index (χ0v) is 14.2. The Bertz CT molecular complexity index is 694. The molecule has 122 valence electrons. The molecule has 1 aliphatic rings. The van der Waals surface area contributed by atoms with E-state index >= 15 is 0 Å². The van der Waals surface area contributed by atoms with Crippen LogP contribution in [0.1, 0.15) is 30.3 Å². The molecule has 1 amide bonds. The lowest BCUT2D eigenvalue weighted by molar-refractivity contribution is 0.0893. The minimum Gasteiger partial charge on any atom is -0.497 e. The van der Waals surface area contributed by atoms with E-state index in [1.165, 1.54) is 11.3 Å². The Labute approximate surface area is 139 Å². The molecule has 1 fully saturated rings. The van der Waals surface area contributed by atoms with Crippen LogP contribution in [0.3, 0.4) is 0 Å². The van der Waals surface area contributed by atoms with Gasteiger partial charge in [0.15, 0.2) is 0 Å². The highest BCUT2D eigenvalue weighted by atomic mass is 32.1. The first-order valence-corrected chi connectivity index (χ1v) is 8.56. The van der Waals surface area contributed by atoms with Crippen molar-refractivity contribution in [2.75, 3.05) is 13.7 Å². The molecule has 23 heavy (non-hydrogen) atoms. The Kier molecular flexibility index (Phi) is 4.37. The highest BCUT2D eigenvalue weighted by molar-refractivity contribution is 7.13. The molecule has 2 aromatic rings. The fraction of sp³-hybridized carbons (Fsp3) is 0.412. The van der Waals surface area contributed by atoms with Crippen LogP contribution >= 0.6 is 11.3 Å². The van der Waals surface area contributed by atoms with Gasteiger partial charge in [-0.25, -0.2) is 4.98 Å². The second-order valence-corrected chi connectivity index (χ2v) is 6.97. The maximum absolute atomic E-state index is 12.5. The van der Waals surface area contributed by atoms with E-state index in [1.807, 2.05) is 31.2 Å². The number of amides is 1. The molecule has 0 radical (unpaired) electrons. The zero-order chi connectivity index (χ0) is 16.4. The minimum absolute atomic E-state index is 0.152. The Morgan fingerprint density at radius 3 is 2.70 bits per heavy atom. The van der Waals surface area contributed by atoms with Gasteiger partial charge in [0.1, 0.15) is 16.5 Å². The van der Waals surface area contributed by atoms with Crippen molar-refractivity contribution in [3.63, 3.8) is 0 Å². The molecule has 5 nitrogen and oxygen atoms in total. The van der Waals surface area contributed by atoms with Crippen LogP contribution in [0, 0.1) is 5.92 Å². The number of nitrogens with one attached hydrogen (secondary N) is 1. The first kappa shape index (κ1) is 16.0. The third kappa shape index (κ3) is 3.38. The average molecular weight is 331 g/mol. The summed E-state index contributed by atoms with van der Waals surface area (Å²) in [4.78, 5) is 16.9. The number of aromatic nitrogens is 1. The van der Waals surface area contributed by atoms with Crippen molar-refractivity contribution in [2.45, 2.75) is 25.3 Å². The van der Waals surface area contributed by atoms with Gasteiger partial charge >= 0.3 is 0 Å². The molecule has 1 atom stereocenters. The van der Waals surface area contributed by atoms with E-state index in [9.17, 15) is 4.79 Å². The van der Waals surface area contributed by atoms with Gasteiger partial charge in [0, 0.05) is 17.5 Å². The number of benzene rings is 1. The Hall–Kier alpha value is -1.92. The lowest BCUT2D eigenvalue weighted by Gasteiger charge is -2.29. The molecule has 1 heterocycles. The van der Waals surface area contributed by atoms with Gasteiger partial charge in [0.2, 0.25) is 0 Å². The van der Waals surface area contributed by atoms with Crippen LogP contribution in [0.25, 0.3) is 10.6 Å². The van der Waals surface area contributed by atoms with Gasteiger partial charge < -0.3 is 15.8 Å². The summed E-state index contributed by atoms with van der Waals surface area (Å²) in [7, 11) is 1.63. The second kappa shape index (κ2) is 6.29. The number of rotatable bonds is 6. The molecular weight excluding hydrogens is 310 g/mol. The summed E-state index contributed by atoms with van der Waals surface area (Å²) >= 11 is 1.46. The van der Waals surface area contributed by atoms with Gasteiger partial charge in [-0.05, 0) is 49.9 Å². The van der Waals surface area contributed by atoms with E-state index in [4.69, 9.17) is 10.5 Å². The Morgan fingerprint density at radius 1 is 1.43 bits per heavy atom. The van der Waals surface area contributed by atoms with Gasteiger partial charge in [-0.2, -0.15) is 0 Å². The fourth-order valence-corrected chi connectivity index (χ4v) is 3.41. The number of nitrogens with zero attached hydrogens (tertiary/aromatic N) is 1. The second-order valence-electron chi connectivity index (χ2n) is 6.12. The van der Waals surface area contributed by atoms with Gasteiger partial charge in [0.25, 0.3) is 5.91 Å². The van der Waals surface area contributed by atoms with Gasteiger partial charge in [-0.15, -0.1) is 11.3 Å². The third-order valence-electron chi connectivity index (χ3n) is 4.38. The van der Waals surface area contributed by atoms with Crippen LogP contribution in [-0.4, -0.2) is 30.1 Å². The molecule has 0 aliphatic heterocycles. The Balaban J connectivity index is 1.74. The number of nitrogens with two attached hydrogens (primary N) is 1. The van der Waals surface area contributed by atoms with E-state index in [1.54, 1.807) is 12.5 Å². The molecule has 1 unspecified atom stereocenters. The standard InChI is InChI=1S/C17H21N3O2S/c1-17(10-18,12-5-6-12)20-15(21)14-9-23-16(19-14)11-3-7-13(22-2)8-4-11/h3-4,7-9,12H,5-6,10,18H2,1-2H3,(H,20,21). The topological polar surface area (TPSA) is 77.2 Å². The molecule has 0 saturated heterocycles. The van der Waals surface area contributed by atoms with E-state index in [0.29, 0.717) is 18.2 Å². The number of ether oxygens (including phenoxy) is 1. The molecular formula is C17H21N3O2S. The van der Waals surface area contributed by atoms with Crippen LogP contribution in [0.15, 0.2) is 29.6 Å². The van der Waals surface area contributed by atoms with Crippen molar-refractivity contribution in [1.82, 2.24) is 10.3 Å². The number of hydrogen-bond acceptors (Lipinski definition) is 5. The fourth-order valence-electron chi connectivity index (χ4n) is 2.61. The quantitative estimate of drug-likeness (QED) is 0.853. The summed E-state index contributed by atoms with van der Waals surface area (Å²) in [6.45, 7) is 2.46. The largest absolute Gasteiger partial charge is 0.497 e. The molecule has 1 aliphatic carbocycles. The van der Waals surface area contributed by atoms with Crippen LogP contribution in [0.5, 0.6) is 5.75 Å². The highest BCUT2D eigenvalue weighted by Crippen LogP contribution is 2.39. The summed E-state index contributed by atoms with van der Waals surface area (Å²) in [5.74, 6) is 1.13. The smallest absolute Gasteiger partial charge is 0.271 e. The van der Waals surface area contributed by atoms with E-state index in [0.717, 1.165) is 29.2 Å². The van der Waals surface area contributed by atoms with Crippen LogP contribution < -0.4 is 15.8 Å². The number of thiazole rings is 1. The normalized spacial score (nSPS) is 16.7. The first-order valence-electron chi connectivity index (χ1n) is 7.68. The zero-order valence-electron chi connectivity index (χ0n) is 13.3. The average Bonchev–Trinajstić information content (AvgIpc) is 3.32. The van der Waals surface area contributed by atoms with Crippen molar-refractivity contribution in [3.8, 4) is 16.3 Å². The number of carbonyl (C=O) groups is 1. The molecule has 1 aromatic carbocycles. The maximum atomic E-state index is 12.5. The molecule has 6 heteroatoms. The number of methoxy groups -OCH3 is 1. The van der Waals surface area contributed by atoms with Crippen LogP contribution in [-0.2, 0) is 0 Å². The molecule has 1 aromatic heterocycles. The highest BCUT2D eigenvalue weighted by Gasteiger charge is 2.41. The lowest BCUT2D eigenvalue weighted by Crippen LogP contribution is -2.53.